The van der Waals surface area contributed by atoms with Crippen LogP contribution in [0.25, 0.3) is 0 Å². The molecule has 1 aliphatic rings. The molecule has 0 bridgehead atoms. The van der Waals surface area contributed by atoms with Gasteiger partial charge >= 0.3 is 0 Å². The first-order chi connectivity index (χ1) is 5.86. The van der Waals surface area contributed by atoms with E-state index in [0.717, 1.165) is 13.0 Å². The fourth-order valence-corrected chi connectivity index (χ4v) is 1.66. The van der Waals surface area contributed by atoms with Gasteiger partial charge in [0.2, 0.25) is 0 Å². The smallest absolute Gasteiger partial charge is 0.0705 e. The lowest BCUT2D eigenvalue weighted by Gasteiger charge is -2.18. The van der Waals surface area contributed by atoms with Crippen LogP contribution in [0.3, 0.4) is 0 Å². The van der Waals surface area contributed by atoms with Crippen LogP contribution >= 0.6 is 0 Å². The van der Waals surface area contributed by atoms with Crippen LogP contribution in [-0.2, 0) is 4.74 Å². The summed E-state index contributed by atoms with van der Waals surface area (Å²) < 4.78 is 5.21. The molecule has 1 saturated heterocycles. The van der Waals surface area contributed by atoms with Crippen LogP contribution in [0, 0.1) is 0 Å². The van der Waals surface area contributed by atoms with Gasteiger partial charge in [0.1, 0.15) is 0 Å². The average Bonchev–Trinajstić information content (AvgIpc) is 2.59. The Hall–Kier alpha value is -0.120. The highest BCUT2D eigenvalue weighted by atomic mass is 16.5. The molecule has 2 N–H and O–H groups in total. The van der Waals surface area contributed by atoms with Gasteiger partial charge < -0.3 is 15.4 Å². The van der Waals surface area contributed by atoms with E-state index in [9.17, 15) is 0 Å². The molecule has 3 nitrogen and oxygen atoms in total. The van der Waals surface area contributed by atoms with Crippen LogP contribution in [0.1, 0.15) is 19.3 Å². The monoisotopic (exact) mass is 172 g/mol. The zero-order valence-corrected chi connectivity index (χ0v) is 7.96. The van der Waals surface area contributed by atoms with Crippen LogP contribution in [0.2, 0.25) is 0 Å². The molecule has 12 heavy (non-hydrogen) atoms. The van der Waals surface area contributed by atoms with Gasteiger partial charge in [0.25, 0.3) is 0 Å². The highest BCUT2D eigenvalue weighted by molar-refractivity contribution is 4.68. The van der Waals surface area contributed by atoms with Crippen LogP contribution in [0.15, 0.2) is 0 Å². The number of nitrogens with two attached hydrogens (primary N) is 1. The Kier molecular flexibility index (Phi) is 4.58. The summed E-state index contributed by atoms with van der Waals surface area (Å²) >= 11 is 0. The van der Waals surface area contributed by atoms with E-state index in [1.165, 1.54) is 25.9 Å². The highest BCUT2D eigenvalue weighted by Crippen LogP contribution is 2.08. The Morgan fingerprint density at radius 2 is 2.08 bits per heavy atom. The van der Waals surface area contributed by atoms with Gasteiger partial charge in [0.05, 0.1) is 6.10 Å². The van der Waals surface area contributed by atoms with E-state index in [4.69, 9.17) is 10.5 Å². The fourth-order valence-electron chi connectivity index (χ4n) is 1.66. The second kappa shape index (κ2) is 5.51. The van der Waals surface area contributed by atoms with Gasteiger partial charge in [-0.2, -0.15) is 0 Å². The van der Waals surface area contributed by atoms with Gasteiger partial charge in [0, 0.05) is 20.2 Å². The number of rotatable bonds is 5. The highest BCUT2D eigenvalue weighted by Gasteiger charge is 2.13. The zero-order chi connectivity index (χ0) is 8.81. The number of ether oxygens (including phenoxy) is 1. The summed E-state index contributed by atoms with van der Waals surface area (Å²) in [5.74, 6) is 0. The predicted molar refractivity (Wildman–Crippen MR) is 50.1 cm³/mol. The molecule has 3 heteroatoms. The molecule has 1 atom stereocenters. The molecular weight excluding hydrogens is 152 g/mol. The van der Waals surface area contributed by atoms with E-state index in [-0.39, 0.29) is 6.10 Å². The molecule has 0 aliphatic carbocycles. The van der Waals surface area contributed by atoms with Gasteiger partial charge in [-0.25, -0.2) is 0 Å². The molecule has 0 spiro atoms. The van der Waals surface area contributed by atoms with Crippen LogP contribution in [0.4, 0.5) is 0 Å². The minimum absolute atomic E-state index is 0.255. The Labute approximate surface area is 74.9 Å². The molecule has 0 aromatic carbocycles. The van der Waals surface area contributed by atoms with Gasteiger partial charge in [-0.15, -0.1) is 0 Å². The lowest BCUT2D eigenvalue weighted by molar-refractivity contribution is 0.0925. The molecule has 0 aromatic rings. The molecule has 0 saturated carbocycles. The van der Waals surface area contributed by atoms with Gasteiger partial charge in [0.15, 0.2) is 0 Å². The van der Waals surface area contributed by atoms with E-state index < -0.39 is 0 Å². The standard InChI is InChI=1S/C9H20N2O/c1-12-9(8-10)4-7-11-5-2-3-6-11/h9H,2-8,10H2,1H3. The van der Waals surface area contributed by atoms with Crippen molar-refractivity contribution in [2.45, 2.75) is 25.4 Å². The first-order valence-corrected chi connectivity index (χ1v) is 4.82. The van der Waals surface area contributed by atoms with E-state index in [0.29, 0.717) is 6.54 Å². The molecular formula is C9H20N2O. The van der Waals surface area contributed by atoms with Crippen molar-refractivity contribution in [2.75, 3.05) is 33.3 Å². The number of likely N-dealkylation sites (tertiary alicyclic amines) is 1. The summed E-state index contributed by atoms with van der Waals surface area (Å²) in [6.07, 6.45) is 4.05. The average molecular weight is 172 g/mol. The first-order valence-electron chi connectivity index (χ1n) is 4.82. The predicted octanol–water partition coefficient (Wildman–Crippen LogP) is 0.446. The summed E-state index contributed by atoms with van der Waals surface area (Å²) in [6.45, 7) is 4.32. The van der Waals surface area contributed by atoms with Crippen LogP contribution < -0.4 is 5.73 Å². The number of hydrogen-bond acceptors (Lipinski definition) is 3. The fraction of sp³-hybridized carbons (Fsp3) is 1.00. The van der Waals surface area contributed by atoms with Crippen molar-refractivity contribution in [1.82, 2.24) is 4.90 Å². The van der Waals surface area contributed by atoms with Gasteiger partial charge in [-0.1, -0.05) is 0 Å². The Balaban J connectivity index is 2.06. The lowest BCUT2D eigenvalue weighted by atomic mass is 10.2. The maximum Gasteiger partial charge on any atom is 0.0705 e. The molecule has 0 aromatic heterocycles. The molecule has 1 fully saturated rings. The van der Waals surface area contributed by atoms with Crippen molar-refractivity contribution >= 4 is 0 Å². The summed E-state index contributed by atoms with van der Waals surface area (Å²) in [4.78, 5) is 2.49. The Morgan fingerprint density at radius 3 is 2.58 bits per heavy atom. The Morgan fingerprint density at radius 1 is 1.42 bits per heavy atom. The molecule has 1 unspecified atom stereocenters. The van der Waals surface area contributed by atoms with E-state index in [2.05, 4.69) is 4.90 Å². The summed E-state index contributed by atoms with van der Waals surface area (Å²) in [6, 6.07) is 0. The summed E-state index contributed by atoms with van der Waals surface area (Å²) in [7, 11) is 1.74. The molecule has 72 valence electrons. The van der Waals surface area contributed by atoms with E-state index in [1.54, 1.807) is 7.11 Å². The van der Waals surface area contributed by atoms with Crippen molar-refractivity contribution in [2.24, 2.45) is 5.73 Å². The number of hydrogen-bond donors (Lipinski definition) is 1. The van der Waals surface area contributed by atoms with Crippen LogP contribution in [-0.4, -0.2) is 44.3 Å². The van der Waals surface area contributed by atoms with Crippen molar-refractivity contribution in [3.8, 4) is 0 Å². The maximum atomic E-state index is 5.52. The van der Waals surface area contributed by atoms with Crippen LogP contribution in [0.5, 0.6) is 0 Å². The number of nitrogens with zero attached hydrogens (tertiary/aromatic N) is 1. The SMILES string of the molecule is COC(CN)CCN1CCCC1. The zero-order valence-electron chi connectivity index (χ0n) is 7.96. The summed E-state index contributed by atoms with van der Waals surface area (Å²) in [5, 5.41) is 0. The molecule has 0 radical (unpaired) electrons. The minimum Gasteiger partial charge on any atom is -0.380 e. The molecule has 1 aliphatic heterocycles. The molecule has 1 rings (SSSR count). The topological polar surface area (TPSA) is 38.5 Å². The van der Waals surface area contributed by atoms with Gasteiger partial charge in [-0.05, 0) is 32.4 Å². The van der Waals surface area contributed by atoms with Crippen molar-refractivity contribution in [1.29, 1.82) is 0 Å². The third kappa shape index (κ3) is 3.09. The Bertz CT molecular complexity index is 107. The summed E-state index contributed by atoms with van der Waals surface area (Å²) in [5.41, 5.74) is 5.52. The second-order valence-electron chi connectivity index (χ2n) is 3.43. The second-order valence-corrected chi connectivity index (χ2v) is 3.43. The molecule has 1 heterocycles. The third-order valence-corrected chi connectivity index (χ3v) is 2.56. The van der Waals surface area contributed by atoms with Gasteiger partial charge in [-0.3, -0.25) is 0 Å². The van der Waals surface area contributed by atoms with Crippen molar-refractivity contribution < 1.29 is 4.74 Å². The van der Waals surface area contributed by atoms with E-state index >= 15 is 0 Å². The largest absolute Gasteiger partial charge is 0.380 e. The quantitative estimate of drug-likeness (QED) is 0.654. The van der Waals surface area contributed by atoms with Crippen molar-refractivity contribution in [3.05, 3.63) is 0 Å². The van der Waals surface area contributed by atoms with E-state index in [1.807, 2.05) is 0 Å². The normalized spacial score (nSPS) is 21.5. The lowest BCUT2D eigenvalue weighted by Crippen LogP contribution is -2.29. The van der Waals surface area contributed by atoms with Crippen molar-refractivity contribution in [3.63, 3.8) is 0 Å². The first kappa shape index (κ1) is 9.96. The number of methoxy groups -OCH3 is 1. The molecule has 0 amide bonds. The maximum absolute atomic E-state index is 5.52. The minimum atomic E-state index is 0.255. The third-order valence-electron chi connectivity index (χ3n) is 2.56.